The molecule has 4 rings (SSSR count). The zero-order chi connectivity index (χ0) is 23.5. The number of Topliss-reactive ketones (excluding diaryl/α,β-unsaturated/α-hetero) is 1. The number of aliphatic hydroxyl groups excluding tert-OH is 1. The van der Waals surface area contributed by atoms with Gasteiger partial charge in [-0.05, 0) is 55.0 Å². The number of ketones is 1. The van der Waals surface area contributed by atoms with Gasteiger partial charge < -0.3 is 23.9 Å². The summed E-state index contributed by atoms with van der Waals surface area (Å²) in [5.74, 6) is -0.414. The second-order valence-corrected chi connectivity index (χ2v) is 7.77. The summed E-state index contributed by atoms with van der Waals surface area (Å²) < 4.78 is 16.2. The molecule has 0 aliphatic carbocycles. The van der Waals surface area contributed by atoms with Crippen molar-refractivity contribution in [1.82, 2.24) is 4.90 Å². The van der Waals surface area contributed by atoms with Crippen LogP contribution in [0.2, 0.25) is 5.02 Å². The largest absolute Gasteiger partial charge is 0.507 e. The Balaban J connectivity index is 1.87. The van der Waals surface area contributed by atoms with Crippen molar-refractivity contribution >= 4 is 29.1 Å². The van der Waals surface area contributed by atoms with Crippen molar-refractivity contribution in [3.05, 3.63) is 88.3 Å². The molecular weight excluding hydrogens is 446 g/mol. The first-order valence-electron chi connectivity index (χ1n) is 10.3. The minimum Gasteiger partial charge on any atom is -0.507 e. The fourth-order valence-corrected chi connectivity index (χ4v) is 4.02. The maximum atomic E-state index is 13.1. The van der Waals surface area contributed by atoms with Gasteiger partial charge >= 0.3 is 0 Å². The van der Waals surface area contributed by atoms with Gasteiger partial charge in [0.2, 0.25) is 0 Å². The number of hydrogen-bond acceptors (Lipinski definition) is 6. The number of amides is 1. The molecule has 1 unspecified atom stereocenters. The molecule has 1 aliphatic rings. The Labute approximate surface area is 195 Å². The Hall–Kier alpha value is -3.71. The maximum absolute atomic E-state index is 13.1. The summed E-state index contributed by atoms with van der Waals surface area (Å²) in [5.41, 5.74) is 0.886. The molecule has 33 heavy (non-hydrogen) atoms. The van der Waals surface area contributed by atoms with Gasteiger partial charge in [0.1, 0.15) is 23.0 Å². The molecular formula is C25H22ClNO6. The molecule has 3 aromatic rings. The van der Waals surface area contributed by atoms with Crippen molar-refractivity contribution < 1.29 is 28.6 Å². The second-order valence-electron chi connectivity index (χ2n) is 7.36. The van der Waals surface area contributed by atoms with E-state index in [2.05, 4.69) is 0 Å². The molecule has 8 heteroatoms. The summed E-state index contributed by atoms with van der Waals surface area (Å²) >= 11 is 6.18. The molecule has 1 aliphatic heterocycles. The fraction of sp³-hybridized carbons (Fsp3) is 0.200. The molecule has 7 nitrogen and oxygen atoms in total. The van der Waals surface area contributed by atoms with Crippen LogP contribution in [0.15, 0.2) is 70.9 Å². The van der Waals surface area contributed by atoms with Crippen molar-refractivity contribution in [2.45, 2.75) is 19.5 Å². The summed E-state index contributed by atoms with van der Waals surface area (Å²) in [6.45, 7) is 2.24. The van der Waals surface area contributed by atoms with Crippen molar-refractivity contribution in [1.29, 1.82) is 0 Å². The monoisotopic (exact) mass is 467 g/mol. The first-order valence-corrected chi connectivity index (χ1v) is 10.7. The summed E-state index contributed by atoms with van der Waals surface area (Å²) in [4.78, 5) is 27.6. The molecule has 1 aromatic heterocycles. The van der Waals surface area contributed by atoms with Gasteiger partial charge in [-0.15, -0.1) is 0 Å². The third-order valence-corrected chi connectivity index (χ3v) is 5.67. The quantitative estimate of drug-likeness (QED) is 0.300. The number of furan rings is 1. The van der Waals surface area contributed by atoms with Crippen LogP contribution in [0.1, 0.15) is 29.9 Å². The Morgan fingerprint density at radius 3 is 2.67 bits per heavy atom. The van der Waals surface area contributed by atoms with Crippen LogP contribution >= 0.6 is 11.6 Å². The smallest absolute Gasteiger partial charge is 0.296 e. The van der Waals surface area contributed by atoms with E-state index < -0.39 is 17.7 Å². The van der Waals surface area contributed by atoms with Gasteiger partial charge in [0.25, 0.3) is 11.7 Å². The number of rotatable bonds is 7. The van der Waals surface area contributed by atoms with Crippen LogP contribution in [-0.2, 0) is 16.1 Å². The standard InChI is InChI=1S/C25H22ClNO6/c1-3-32-20-13-16(9-10-19(20)26)23(28)21-22(15-6-4-7-17(12-15)31-2)27(25(30)24(21)29)14-18-8-5-11-33-18/h4-13,22,28H,3,14H2,1-2H3/b23-21-. The van der Waals surface area contributed by atoms with Gasteiger partial charge in [0, 0.05) is 5.56 Å². The lowest BCUT2D eigenvalue weighted by Gasteiger charge is -2.25. The minimum atomic E-state index is -0.851. The van der Waals surface area contributed by atoms with Crippen molar-refractivity contribution in [2.75, 3.05) is 13.7 Å². The molecule has 0 spiro atoms. The Bertz CT molecular complexity index is 1220. The van der Waals surface area contributed by atoms with Crippen LogP contribution in [0.3, 0.4) is 0 Å². The summed E-state index contributed by atoms with van der Waals surface area (Å²) in [6, 6.07) is 14.3. The normalized spacial score (nSPS) is 17.4. The highest BCUT2D eigenvalue weighted by Gasteiger charge is 2.46. The zero-order valence-corrected chi connectivity index (χ0v) is 18.8. The number of benzene rings is 2. The average molecular weight is 468 g/mol. The van der Waals surface area contributed by atoms with E-state index in [9.17, 15) is 14.7 Å². The third-order valence-electron chi connectivity index (χ3n) is 5.36. The summed E-state index contributed by atoms with van der Waals surface area (Å²) in [6.07, 6.45) is 1.50. The van der Waals surface area contributed by atoms with Gasteiger partial charge in [0.15, 0.2) is 0 Å². The van der Waals surface area contributed by atoms with E-state index in [1.165, 1.54) is 18.3 Å². The fourth-order valence-electron chi connectivity index (χ4n) is 3.84. The van der Waals surface area contributed by atoms with E-state index in [4.69, 9.17) is 25.5 Å². The van der Waals surface area contributed by atoms with Crippen LogP contribution in [0.25, 0.3) is 5.76 Å². The number of carbonyl (C=O) groups excluding carboxylic acids is 2. The predicted molar refractivity (Wildman–Crippen MR) is 122 cm³/mol. The van der Waals surface area contributed by atoms with E-state index in [0.717, 1.165) is 0 Å². The van der Waals surface area contributed by atoms with E-state index in [1.54, 1.807) is 54.6 Å². The lowest BCUT2D eigenvalue weighted by Crippen LogP contribution is -2.29. The van der Waals surface area contributed by atoms with Gasteiger partial charge in [-0.1, -0.05) is 23.7 Å². The molecule has 1 amide bonds. The van der Waals surface area contributed by atoms with E-state index in [1.807, 2.05) is 6.92 Å². The van der Waals surface area contributed by atoms with Crippen molar-refractivity contribution in [2.24, 2.45) is 0 Å². The zero-order valence-electron chi connectivity index (χ0n) is 18.1. The minimum absolute atomic E-state index is 0.0374. The maximum Gasteiger partial charge on any atom is 0.296 e. The number of methoxy groups -OCH3 is 1. The first-order chi connectivity index (χ1) is 15.9. The van der Waals surface area contributed by atoms with E-state index >= 15 is 0 Å². The van der Waals surface area contributed by atoms with Crippen molar-refractivity contribution in [3.63, 3.8) is 0 Å². The molecule has 170 valence electrons. The van der Waals surface area contributed by atoms with Gasteiger partial charge in [0.05, 0.1) is 43.2 Å². The van der Waals surface area contributed by atoms with Gasteiger partial charge in [-0.25, -0.2) is 0 Å². The Morgan fingerprint density at radius 1 is 1.15 bits per heavy atom. The van der Waals surface area contributed by atoms with E-state index in [-0.39, 0.29) is 17.9 Å². The van der Waals surface area contributed by atoms with Crippen LogP contribution in [-0.4, -0.2) is 35.4 Å². The topological polar surface area (TPSA) is 89.2 Å². The number of hydrogen-bond donors (Lipinski definition) is 1. The molecule has 2 aromatic carbocycles. The van der Waals surface area contributed by atoms with Crippen LogP contribution in [0, 0.1) is 0 Å². The number of aliphatic hydroxyl groups is 1. The molecule has 0 radical (unpaired) electrons. The lowest BCUT2D eigenvalue weighted by atomic mass is 9.95. The molecule has 1 N–H and O–H groups in total. The summed E-state index contributed by atoms with van der Waals surface area (Å²) in [7, 11) is 1.53. The Kier molecular flexibility index (Phi) is 6.42. The second kappa shape index (κ2) is 9.42. The number of carbonyl (C=O) groups is 2. The highest BCUT2D eigenvalue weighted by molar-refractivity contribution is 6.46. The SMILES string of the molecule is CCOc1cc(/C(O)=C2/C(=O)C(=O)N(Cc3ccco3)C2c2cccc(OC)c2)ccc1Cl. The average Bonchev–Trinajstić information content (AvgIpc) is 3.42. The van der Waals surface area contributed by atoms with Crippen molar-refractivity contribution in [3.8, 4) is 11.5 Å². The molecule has 0 saturated carbocycles. The predicted octanol–water partition coefficient (Wildman–Crippen LogP) is 4.96. The molecule has 1 fully saturated rings. The third kappa shape index (κ3) is 4.32. The number of likely N-dealkylation sites (tertiary alicyclic amines) is 1. The molecule has 0 bridgehead atoms. The van der Waals surface area contributed by atoms with Crippen LogP contribution in [0.4, 0.5) is 0 Å². The van der Waals surface area contributed by atoms with Crippen LogP contribution in [0.5, 0.6) is 11.5 Å². The summed E-state index contributed by atoms with van der Waals surface area (Å²) in [5, 5.41) is 11.6. The highest BCUT2D eigenvalue weighted by Crippen LogP contribution is 2.41. The molecule has 2 heterocycles. The van der Waals surface area contributed by atoms with Gasteiger partial charge in [-0.2, -0.15) is 0 Å². The first kappa shape index (κ1) is 22.5. The number of nitrogens with zero attached hydrogens (tertiary/aromatic N) is 1. The van der Waals surface area contributed by atoms with Gasteiger partial charge in [-0.3, -0.25) is 9.59 Å². The van der Waals surface area contributed by atoms with Crippen LogP contribution < -0.4 is 9.47 Å². The molecule has 1 saturated heterocycles. The number of ether oxygens (including phenoxy) is 2. The van der Waals surface area contributed by atoms with E-state index in [0.29, 0.717) is 40.0 Å². The number of halogens is 1. The Morgan fingerprint density at radius 2 is 1.97 bits per heavy atom. The highest BCUT2D eigenvalue weighted by atomic mass is 35.5. The molecule has 1 atom stereocenters. The lowest BCUT2D eigenvalue weighted by molar-refractivity contribution is -0.140.